The van der Waals surface area contributed by atoms with E-state index in [0.717, 1.165) is 11.1 Å². The zero-order valence-corrected chi connectivity index (χ0v) is 20.6. The fraction of sp³-hybridized carbons (Fsp3) is 0.250. The van der Waals surface area contributed by atoms with Gasteiger partial charge in [-0.2, -0.15) is 0 Å². The van der Waals surface area contributed by atoms with Crippen molar-refractivity contribution in [2.24, 2.45) is 0 Å². The third kappa shape index (κ3) is 4.73. The molecule has 1 saturated heterocycles. The van der Waals surface area contributed by atoms with Crippen LogP contribution in [-0.4, -0.2) is 55.0 Å². The topological polar surface area (TPSA) is 87.5 Å². The summed E-state index contributed by atoms with van der Waals surface area (Å²) in [5.41, 5.74) is 1.59. The van der Waals surface area contributed by atoms with E-state index in [0.29, 0.717) is 36.8 Å². The molecular weight excluding hydrogens is 489 g/mol. The molecule has 0 saturated carbocycles. The largest absolute Gasteiger partial charge is 0.368 e. The van der Waals surface area contributed by atoms with Gasteiger partial charge in [-0.1, -0.05) is 0 Å². The molecule has 0 bridgehead atoms. The van der Waals surface area contributed by atoms with Crippen molar-refractivity contribution in [2.45, 2.75) is 17.9 Å². The second kappa shape index (κ2) is 9.31. The molecule has 11 heteroatoms. The number of hydrogen-bond acceptors (Lipinski definition) is 6. The smallest absolute Gasteiger partial charge is 0.263 e. The van der Waals surface area contributed by atoms with E-state index in [9.17, 15) is 17.6 Å². The van der Waals surface area contributed by atoms with E-state index in [4.69, 9.17) is 0 Å². The van der Waals surface area contributed by atoms with Crippen LogP contribution in [0.3, 0.4) is 0 Å². The van der Waals surface area contributed by atoms with E-state index < -0.39 is 16.1 Å². The number of benzene rings is 2. The van der Waals surface area contributed by atoms with Gasteiger partial charge in [-0.15, -0.1) is 11.3 Å². The normalized spacial score (nSPS) is 15.4. The van der Waals surface area contributed by atoms with Crippen molar-refractivity contribution in [3.63, 3.8) is 0 Å². The van der Waals surface area contributed by atoms with Crippen molar-refractivity contribution in [1.82, 2.24) is 14.5 Å². The molecule has 1 fully saturated rings. The van der Waals surface area contributed by atoms with Gasteiger partial charge < -0.3 is 14.4 Å². The Balaban J connectivity index is 0.00000304. The Kier molecular flexibility index (Phi) is 6.20. The number of nitrogens with zero attached hydrogens (tertiary/aromatic N) is 4. The lowest BCUT2D eigenvalue weighted by Gasteiger charge is -2.37. The van der Waals surface area contributed by atoms with Crippen LogP contribution in [0.2, 0.25) is 0 Å². The molecule has 1 atom stereocenters. The molecule has 8 nitrogen and oxygen atoms in total. The van der Waals surface area contributed by atoms with E-state index in [1.807, 2.05) is 28.7 Å². The summed E-state index contributed by atoms with van der Waals surface area (Å²) in [6.45, 7) is 4.18. The Hall–Kier alpha value is -3.44. The van der Waals surface area contributed by atoms with E-state index >= 15 is 0 Å². The summed E-state index contributed by atoms with van der Waals surface area (Å²) in [6.07, 6.45) is 3.36. The quantitative estimate of drug-likeness (QED) is 0.416. The monoisotopic (exact) mass is 515 g/mol. The summed E-state index contributed by atoms with van der Waals surface area (Å²) in [4.78, 5) is 21.2. The first-order chi connectivity index (χ1) is 16.8. The Morgan fingerprint density at radius 3 is 2.54 bits per heavy atom. The van der Waals surface area contributed by atoms with Gasteiger partial charge in [-0.05, 0) is 60.8 Å². The Morgan fingerprint density at radius 2 is 1.86 bits per heavy atom. The van der Waals surface area contributed by atoms with Crippen LogP contribution in [0.5, 0.6) is 0 Å². The summed E-state index contributed by atoms with van der Waals surface area (Å²) in [7, 11) is -3.70. The molecule has 1 aliphatic heterocycles. The number of nitrogens with one attached hydrogen (secondary N) is 1. The average Bonchev–Trinajstić information content (AvgIpc) is 3.52. The number of piperazine rings is 1. The maximum absolute atomic E-state index is 13.7. The Morgan fingerprint density at radius 1 is 1.11 bits per heavy atom. The minimum atomic E-state index is -3.70. The van der Waals surface area contributed by atoms with Crippen molar-refractivity contribution in [2.75, 3.05) is 35.8 Å². The van der Waals surface area contributed by atoms with Crippen LogP contribution in [0.1, 0.15) is 14.4 Å². The second-order valence-corrected chi connectivity index (χ2v) is 10.9. The van der Waals surface area contributed by atoms with Gasteiger partial charge in [0.2, 0.25) is 5.91 Å². The fourth-order valence-electron chi connectivity index (χ4n) is 4.31. The first-order valence-electron chi connectivity index (χ1n) is 11.1. The lowest BCUT2D eigenvalue weighted by atomic mass is 10.2. The van der Waals surface area contributed by atoms with Gasteiger partial charge in [0.1, 0.15) is 11.9 Å². The zero-order valence-electron chi connectivity index (χ0n) is 19.0. The highest BCUT2D eigenvalue weighted by Crippen LogP contribution is 2.25. The predicted octanol–water partition coefficient (Wildman–Crippen LogP) is 4.19. The minimum absolute atomic E-state index is 0. The first kappa shape index (κ1) is 23.3. The van der Waals surface area contributed by atoms with Crippen molar-refractivity contribution in [1.29, 1.82) is 0 Å². The third-order valence-corrected chi connectivity index (χ3v) is 8.39. The van der Waals surface area contributed by atoms with Crippen molar-refractivity contribution in [3.05, 3.63) is 72.1 Å². The standard InChI is InChI=1S/C24H24FN5O3S2.H2/c1-17(30-10-8-18-2-3-19(25)16-22(18)30)23(31)29-13-11-28(12-14-29)20-4-6-21(7-5-20)35(32,33)27-24-26-9-15-34-24;/h2-10,15-17H,11-14H2,1H3,(H,26,27);1H. The number of sulfonamides is 1. The lowest BCUT2D eigenvalue weighted by molar-refractivity contribution is -0.134. The molecule has 2 aromatic carbocycles. The van der Waals surface area contributed by atoms with E-state index in [1.54, 1.807) is 35.7 Å². The number of carbonyl (C=O) groups is 1. The van der Waals surface area contributed by atoms with Crippen LogP contribution in [0.25, 0.3) is 10.9 Å². The van der Waals surface area contributed by atoms with Gasteiger partial charge in [0, 0.05) is 51.1 Å². The number of fused-ring (bicyclic) bond motifs is 1. The Bertz CT molecular complexity index is 1450. The SMILES string of the molecule is CC(C(=O)N1CCN(c2ccc(S(=O)(=O)Nc3nccs3)cc2)CC1)n1ccc2ccc(F)cc21.[HH]. The molecule has 1 aliphatic rings. The molecule has 0 aliphatic carbocycles. The number of thiazole rings is 1. The molecule has 1 amide bonds. The number of halogens is 1. The summed E-state index contributed by atoms with van der Waals surface area (Å²) in [6, 6.07) is 12.7. The second-order valence-electron chi connectivity index (χ2n) is 8.35. The third-order valence-electron chi connectivity index (χ3n) is 6.22. The molecule has 35 heavy (non-hydrogen) atoms. The molecule has 1 unspecified atom stereocenters. The van der Waals surface area contributed by atoms with Gasteiger partial charge >= 0.3 is 0 Å². The minimum Gasteiger partial charge on any atom is -0.368 e. The number of amides is 1. The number of anilines is 2. The van der Waals surface area contributed by atoms with Gasteiger partial charge in [0.25, 0.3) is 10.0 Å². The maximum Gasteiger partial charge on any atom is 0.263 e. The van der Waals surface area contributed by atoms with E-state index in [-0.39, 0.29) is 18.0 Å². The van der Waals surface area contributed by atoms with Crippen molar-refractivity contribution >= 4 is 49.0 Å². The van der Waals surface area contributed by atoms with Gasteiger partial charge in [-0.25, -0.2) is 17.8 Å². The lowest BCUT2D eigenvalue weighted by Crippen LogP contribution is -2.50. The van der Waals surface area contributed by atoms with Gasteiger partial charge in [0.05, 0.1) is 10.4 Å². The van der Waals surface area contributed by atoms with Crippen LogP contribution < -0.4 is 9.62 Å². The highest BCUT2D eigenvalue weighted by molar-refractivity contribution is 7.93. The highest BCUT2D eigenvalue weighted by atomic mass is 32.2. The molecule has 4 aromatic rings. The Labute approximate surface area is 208 Å². The van der Waals surface area contributed by atoms with Gasteiger partial charge in [-0.3, -0.25) is 9.52 Å². The molecule has 1 N–H and O–H groups in total. The van der Waals surface area contributed by atoms with E-state index in [1.165, 1.54) is 29.7 Å². The molecule has 0 radical (unpaired) electrons. The molecule has 2 aromatic heterocycles. The number of hydrogen-bond donors (Lipinski definition) is 1. The molecule has 0 spiro atoms. The van der Waals surface area contributed by atoms with Crippen LogP contribution in [0.15, 0.2) is 71.2 Å². The van der Waals surface area contributed by atoms with Crippen LogP contribution >= 0.6 is 11.3 Å². The maximum atomic E-state index is 13.7. The molecular formula is C24H26FN5O3S2. The number of rotatable bonds is 6. The highest BCUT2D eigenvalue weighted by Gasteiger charge is 2.27. The first-order valence-corrected chi connectivity index (χ1v) is 13.5. The van der Waals surface area contributed by atoms with E-state index in [2.05, 4.69) is 14.6 Å². The van der Waals surface area contributed by atoms with Crippen molar-refractivity contribution in [3.8, 4) is 0 Å². The van der Waals surface area contributed by atoms with Gasteiger partial charge in [0.15, 0.2) is 5.13 Å². The number of aromatic nitrogens is 2. The number of carbonyl (C=O) groups excluding carboxylic acids is 1. The zero-order chi connectivity index (χ0) is 24.6. The summed E-state index contributed by atoms with van der Waals surface area (Å²) < 4.78 is 43.1. The fourth-order valence-corrected chi connectivity index (χ4v) is 6.10. The van der Waals surface area contributed by atoms with Crippen LogP contribution in [0.4, 0.5) is 15.2 Å². The summed E-state index contributed by atoms with van der Waals surface area (Å²) in [5, 5.41) is 2.91. The molecule has 184 valence electrons. The molecule has 5 rings (SSSR count). The van der Waals surface area contributed by atoms with Crippen LogP contribution in [-0.2, 0) is 14.8 Å². The van der Waals surface area contributed by atoms with Crippen molar-refractivity contribution < 1.29 is 19.0 Å². The summed E-state index contributed by atoms with van der Waals surface area (Å²) in [5.74, 6) is -0.343. The van der Waals surface area contributed by atoms with Crippen LogP contribution in [0, 0.1) is 5.82 Å². The molecule has 3 heterocycles. The average molecular weight is 516 g/mol. The summed E-state index contributed by atoms with van der Waals surface area (Å²) >= 11 is 1.21. The predicted molar refractivity (Wildman–Crippen MR) is 137 cm³/mol.